The minimum absolute atomic E-state index is 0.0391. The zero-order valence-electron chi connectivity index (χ0n) is 31.0. The molecule has 0 aliphatic heterocycles. The van der Waals surface area contributed by atoms with Gasteiger partial charge >= 0.3 is 57.3 Å². The second-order valence-electron chi connectivity index (χ2n) is 12.5. The van der Waals surface area contributed by atoms with Crippen molar-refractivity contribution in [3.63, 3.8) is 0 Å². The molecule has 4 rings (SSSR count). The number of halogens is 18. The van der Waals surface area contributed by atoms with Crippen molar-refractivity contribution in [1.82, 2.24) is 0 Å². The van der Waals surface area contributed by atoms with E-state index in [-0.39, 0.29) is 55.4 Å². The molecule has 0 bridgehead atoms. The van der Waals surface area contributed by atoms with Gasteiger partial charge in [0.05, 0.1) is 35.5 Å². The monoisotopic (exact) mass is 1000 g/mol. The Hall–Kier alpha value is -5.94. The van der Waals surface area contributed by atoms with Crippen LogP contribution in [-0.2, 0) is 53.5 Å². The van der Waals surface area contributed by atoms with Gasteiger partial charge in [-0.05, 0) is 84.9 Å². The Morgan fingerprint density at radius 1 is 0.415 bits per heavy atom. The summed E-state index contributed by atoms with van der Waals surface area (Å²) in [7, 11) is -11.7. The highest BCUT2D eigenvalue weighted by molar-refractivity contribution is 7.87. The maximum absolute atomic E-state index is 13.8. The third-order valence-electron chi connectivity index (χ3n) is 7.77. The molecule has 0 unspecified atom stereocenters. The number of rotatable bonds is 14. The van der Waals surface area contributed by atoms with E-state index in [1.807, 2.05) is 0 Å². The van der Waals surface area contributed by atoms with Crippen LogP contribution in [0.3, 0.4) is 0 Å². The van der Waals surface area contributed by atoms with Gasteiger partial charge in [0.25, 0.3) is 0 Å². The number of benzene rings is 4. The van der Waals surface area contributed by atoms with Crippen molar-refractivity contribution in [1.29, 1.82) is 0 Å². The van der Waals surface area contributed by atoms with Crippen molar-refractivity contribution < 1.29 is 114 Å². The lowest BCUT2D eigenvalue weighted by atomic mass is 10.1. The first-order chi connectivity index (χ1) is 29.5. The van der Waals surface area contributed by atoms with Crippen LogP contribution in [0.5, 0.6) is 11.5 Å². The van der Waals surface area contributed by atoms with Crippen LogP contribution < -0.4 is 9.47 Å². The maximum atomic E-state index is 13.8. The normalized spacial score (nSPS) is 14.0. The Kier molecular flexibility index (Phi) is 14.7. The highest BCUT2D eigenvalue weighted by Gasteiger charge is 2.43. The van der Waals surface area contributed by atoms with Crippen LogP contribution in [0.4, 0.5) is 79.0 Å². The van der Waals surface area contributed by atoms with E-state index < -0.39 is 124 Å². The molecule has 0 atom stereocenters. The van der Waals surface area contributed by atoms with E-state index in [4.69, 9.17) is 9.47 Å². The van der Waals surface area contributed by atoms with Crippen LogP contribution >= 0.6 is 0 Å². The fourth-order valence-electron chi connectivity index (χ4n) is 4.79. The number of ether oxygens (including phenoxy) is 2. The van der Waals surface area contributed by atoms with Crippen LogP contribution in [0.1, 0.15) is 39.8 Å². The zero-order chi connectivity index (χ0) is 49.2. The topological polar surface area (TPSA) is 130 Å². The van der Waals surface area contributed by atoms with Crippen molar-refractivity contribution in [3.05, 3.63) is 118 Å². The molecular formula is C35H20F18N2O8S2. The van der Waals surface area contributed by atoms with Crippen molar-refractivity contribution in [2.45, 2.75) is 53.3 Å². The molecule has 0 aromatic heterocycles. The van der Waals surface area contributed by atoms with Gasteiger partial charge in [0.2, 0.25) is 0 Å². The smallest absolute Gasteiger partial charge is 0.437 e. The Morgan fingerprint density at radius 2 is 0.677 bits per heavy atom. The molecule has 0 aliphatic carbocycles. The van der Waals surface area contributed by atoms with Gasteiger partial charge in [-0.15, -0.1) is 0 Å². The van der Waals surface area contributed by atoms with Crippen LogP contribution in [0.2, 0.25) is 0 Å². The van der Waals surface area contributed by atoms with Crippen LogP contribution in [-0.4, -0.2) is 53.8 Å². The predicted molar refractivity (Wildman–Crippen MR) is 183 cm³/mol. The fraction of sp³-hybridized carbons (Fsp3) is 0.257. The first-order valence-corrected chi connectivity index (χ1v) is 19.5. The van der Waals surface area contributed by atoms with E-state index in [1.165, 1.54) is 0 Å². The first kappa shape index (κ1) is 51.7. The quantitative estimate of drug-likeness (QED) is 0.0528. The molecule has 0 heterocycles. The average Bonchev–Trinajstić information content (AvgIpc) is 3.16. The number of nitrogens with zero attached hydrogens (tertiary/aromatic N) is 2. The summed E-state index contributed by atoms with van der Waals surface area (Å²) in [6.07, 6.45) is -33.2. The standard InChI is InChI=1S/C35H20F18N2O8S2/c36-30(37,38)20-12-21(31(39,40)41)15-26(14-20)64(56,57)62-54-28(34(48,49)50)18-2-6-24(7-3-18)60-10-1-11-61-25-8-4-19(5-9-25)29(35(51,52)53)55-63-65(58,59)27-16-22(32(42,43)44)13-23(17-27)33(45,46)47/h2-9,12-17H,1,10-11H2/b54-28-,55-29-. The molecule has 10 nitrogen and oxygen atoms in total. The number of hydrogen-bond donors (Lipinski definition) is 0. The number of alkyl halides is 18. The minimum atomic E-state index is -5.83. The Morgan fingerprint density at radius 3 is 0.908 bits per heavy atom. The van der Waals surface area contributed by atoms with E-state index in [0.717, 1.165) is 24.3 Å². The molecule has 65 heavy (non-hydrogen) atoms. The minimum Gasteiger partial charge on any atom is -0.493 e. The summed E-state index contributed by atoms with van der Waals surface area (Å²) in [6, 6.07) is 4.07. The van der Waals surface area contributed by atoms with E-state index in [9.17, 15) is 95.9 Å². The first-order valence-electron chi connectivity index (χ1n) is 16.7. The van der Waals surface area contributed by atoms with Crippen molar-refractivity contribution >= 4 is 31.7 Å². The van der Waals surface area contributed by atoms with Gasteiger partial charge in [0.1, 0.15) is 21.3 Å². The highest BCUT2D eigenvalue weighted by Crippen LogP contribution is 2.40. The molecule has 0 fully saturated rings. The van der Waals surface area contributed by atoms with Crippen molar-refractivity contribution in [2.75, 3.05) is 13.2 Å². The van der Waals surface area contributed by atoms with Crippen LogP contribution in [0.15, 0.2) is 105 Å². The lowest BCUT2D eigenvalue weighted by Gasteiger charge is -2.14. The van der Waals surface area contributed by atoms with E-state index in [0.29, 0.717) is 24.3 Å². The van der Waals surface area contributed by atoms with Gasteiger partial charge in [0.15, 0.2) is 11.4 Å². The van der Waals surface area contributed by atoms with E-state index in [2.05, 4.69) is 18.9 Å². The average molecular weight is 1000 g/mol. The SMILES string of the molecule is O=S(=O)(O/N=C(/c1ccc(OCCCOc2ccc(/C(=N/OS(=O)(=O)c3cc(C(F)(F)F)cc(C(F)(F)F)c3)C(F)(F)F)cc2)cc1)C(F)(F)F)c1cc(C(F)(F)F)cc(C(F)(F)F)c1. The second-order valence-corrected chi connectivity index (χ2v) is 15.6. The van der Waals surface area contributed by atoms with Crippen LogP contribution in [0.25, 0.3) is 0 Å². The number of hydrogen-bond acceptors (Lipinski definition) is 10. The lowest BCUT2D eigenvalue weighted by Crippen LogP contribution is -2.25. The zero-order valence-corrected chi connectivity index (χ0v) is 32.6. The molecule has 30 heteroatoms. The molecule has 0 amide bonds. The third-order valence-corrected chi connectivity index (χ3v) is 9.94. The summed E-state index contributed by atoms with van der Waals surface area (Å²) in [5.41, 5.74) is -14.5. The summed E-state index contributed by atoms with van der Waals surface area (Å²) in [4.78, 5) is -3.65. The molecule has 0 saturated heterocycles. The van der Waals surface area contributed by atoms with Gasteiger partial charge in [-0.1, -0.05) is 10.3 Å². The Labute approximate surface area is 351 Å². The summed E-state index contributed by atoms with van der Waals surface area (Å²) in [6.45, 7) is -0.522. The molecule has 0 radical (unpaired) electrons. The van der Waals surface area contributed by atoms with Gasteiger partial charge in [-0.25, -0.2) is 0 Å². The predicted octanol–water partition coefficient (Wildman–Crippen LogP) is 11.0. The summed E-state index contributed by atoms with van der Waals surface area (Å²) >= 11 is 0. The molecular weight excluding hydrogens is 982 g/mol. The highest BCUT2D eigenvalue weighted by atomic mass is 32.2. The third kappa shape index (κ3) is 14.0. The van der Waals surface area contributed by atoms with Gasteiger partial charge in [-0.2, -0.15) is 95.9 Å². The molecule has 0 saturated carbocycles. The lowest BCUT2D eigenvalue weighted by molar-refractivity contribution is -0.145. The summed E-state index contributed by atoms with van der Waals surface area (Å²) < 4.78 is 309. The Bertz CT molecular complexity index is 2370. The van der Waals surface area contributed by atoms with E-state index >= 15 is 0 Å². The number of oxime groups is 2. The molecule has 0 spiro atoms. The van der Waals surface area contributed by atoms with Crippen LogP contribution in [0, 0.1) is 0 Å². The van der Waals surface area contributed by atoms with Gasteiger partial charge in [-0.3, -0.25) is 8.57 Å². The summed E-state index contributed by atoms with van der Waals surface area (Å²) in [5.74, 6) is -0.289. The molecule has 4 aromatic rings. The second kappa shape index (κ2) is 18.5. The summed E-state index contributed by atoms with van der Waals surface area (Å²) in [5, 5.41) is 4.89. The van der Waals surface area contributed by atoms with Crippen molar-refractivity contribution in [2.24, 2.45) is 10.3 Å². The largest absolute Gasteiger partial charge is 0.493 e. The molecule has 0 aliphatic rings. The fourth-order valence-corrected chi connectivity index (χ4v) is 6.40. The van der Waals surface area contributed by atoms with Crippen molar-refractivity contribution in [3.8, 4) is 11.5 Å². The molecule has 356 valence electrons. The van der Waals surface area contributed by atoms with Gasteiger partial charge in [0, 0.05) is 17.5 Å². The van der Waals surface area contributed by atoms with E-state index in [1.54, 1.807) is 0 Å². The maximum Gasteiger partial charge on any atom is 0.437 e. The van der Waals surface area contributed by atoms with Gasteiger partial charge < -0.3 is 9.47 Å². The molecule has 4 aromatic carbocycles. The molecule has 0 N–H and O–H groups in total. The Balaban J connectivity index is 1.39.